The van der Waals surface area contributed by atoms with Gasteiger partial charge in [0.05, 0.1) is 13.2 Å². The summed E-state index contributed by atoms with van der Waals surface area (Å²) in [4.78, 5) is 6.84. The molecule has 27 heavy (non-hydrogen) atoms. The lowest BCUT2D eigenvalue weighted by Crippen LogP contribution is -2.37. The summed E-state index contributed by atoms with van der Waals surface area (Å²) < 4.78 is 5.36. The average Bonchev–Trinajstić information content (AvgIpc) is 2.72. The van der Waals surface area contributed by atoms with Gasteiger partial charge in [0.25, 0.3) is 0 Å². The lowest BCUT2D eigenvalue weighted by atomic mass is 10.1. The summed E-state index contributed by atoms with van der Waals surface area (Å²) in [6.45, 7) is 6.46. The molecule has 0 bridgehead atoms. The van der Waals surface area contributed by atoms with Gasteiger partial charge < -0.3 is 15.8 Å². The molecule has 0 aliphatic carbocycles. The van der Waals surface area contributed by atoms with E-state index in [9.17, 15) is 0 Å². The van der Waals surface area contributed by atoms with Gasteiger partial charge in [-0.3, -0.25) is 9.89 Å². The topological polar surface area (TPSA) is 62.9 Å². The van der Waals surface area contributed by atoms with Gasteiger partial charge >= 0.3 is 0 Å². The highest BCUT2D eigenvalue weighted by Gasteiger charge is 2.08. The third-order valence-electron chi connectivity index (χ3n) is 4.71. The second-order valence-corrected chi connectivity index (χ2v) is 7.80. The van der Waals surface area contributed by atoms with E-state index in [4.69, 9.17) is 10.5 Å². The van der Waals surface area contributed by atoms with E-state index < -0.39 is 0 Å². The molecule has 0 unspecified atom stereocenters. The van der Waals surface area contributed by atoms with E-state index in [-0.39, 0.29) is 0 Å². The predicted molar refractivity (Wildman–Crippen MR) is 116 cm³/mol. The van der Waals surface area contributed by atoms with Crippen LogP contribution in [0.25, 0.3) is 10.8 Å². The number of nitrogens with zero attached hydrogens (tertiary/aromatic N) is 2. The Hall–Kier alpha value is -1.76. The van der Waals surface area contributed by atoms with Crippen molar-refractivity contribution in [3.8, 4) is 0 Å². The molecule has 1 saturated heterocycles. The molecule has 0 amide bonds. The first-order valence-corrected chi connectivity index (χ1v) is 10.9. The van der Waals surface area contributed by atoms with Gasteiger partial charge in [-0.05, 0) is 22.8 Å². The van der Waals surface area contributed by atoms with Crippen LogP contribution in [-0.2, 0) is 10.5 Å². The number of aliphatic imine (C=N–C) groups is 1. The lowest BCUT2D eigenvalue weighted by molar-refractivity contribution is 0.0377. The number of hydrogen-bond donors (Lipinski definition) is 2. The molecule has 0 spiro atoms. The van der Waals surface area contributed by atoms with Crippen LogP contribution in [0, 0.1) is 0 Å². The van der Waals surface area contributed by atoms with Crippen molar-refractivity contribution in [3.63, 3.8) is 0 Å². The number of morpholine rings is 1. The molecule has 1 heterocycles. The number of fused-ring (bicyclic) bond motifs is 1. The van der Waals surface area contributed by atoms with Crippen molar-refractivity contribution < 1.29 is 4.74 Å². The van der Waals surface area contributed by atoms with E-state index in [1.807, 2.05) is 11.8 Å². The maximum atomic E-state index is 5.96. The summed E-state index contributed by atoms with van der Waals surface area (Å²) in [6.07, 6.45) is 1.04. The SMILES string of the molecule is NC(=NCCCN1CCOCC1)NCCSCc1cccc2ccccc12. The molecule has 3 rings (SSSR count). The third-order valence-corrected chi connectivity index (χ3v) is 5.72. The maximum Gasteiger partial charge on any atom is 0.188 e. The number of nitrogens with two attached hydrogens (primary N) is 1. The lowest BCUT2D eigenvalue weighted by Gasteiger charge is -2.26. The Morgan fingerprint density at radius 3 is 2.85 bits per heavy atom. The minimum Gasteiger partial charge on any atom is -0.379 e. The van der Waals surface area contributed by atoms with Crippen molar-refractivity contribution >= 4 is 28.5 Å². The van der Waals surface area contributed by atoms with Crippen LogP contribution in [-0.4, -0.2) is 62.5 Å². The quantitative estimate of drug-likeness (QED) is 0.394. The summed E-state index contributed by atoms with van der Waals surface area (Å²) in [5.41, 5.74) is 7.35. The average molecular weight is 387 g/mol. The number of hydrogen-bond acceptors (Lipinski definition) is 4. The van der Waals surface area contributed by atoms with Crippen molar-refractivity contribution in [1.29, 1.82) is 0 Å². The van der Waals surface area contributed by atoms with E-state index in [0.717, 1.165) is 63.9 Å². The van der Waals surface area contributed by atoms with Crippen LogP contribution in [0.2, 0.25) is 0 Å². The molecule has 0 atom stereocenters. The van der Waals surface area contributed by atoms with Gasteiger partial charge in [0.15, 0.2) is 5.96 Å². The Bertz CT molecular complexity index is 726. The van der Waals surface area contributed by atoms with Crippen molar-refractivity contribution in [2.24, 2.45) is 10.7 Å². The fraction of sp³-hybridized carbons (Fsp3) is 0.476. The first kappa shape index (κ1) is 20.0. The number of ether oxygens (including phenoxy) is 1. The monoisotopic (exact) mass is 386 g/mol. The largest absolute Gasteiger partial charge is 0.379 e. The Morgan fingerprint density at radius 2 is 1.96 bits per heavy atom. The van der Waals surface area contributed by atoms with Gasteiger partial charge in [0.2, 0.25) is 0 Å². The Kier molecular flexibility index (Phi) is 8.27. The van der Waals surface area contributed by atoms with Crippen LogP contribution >= 0.6 is 11.8 Å². The molecule has 0 radical (unpaired) electrons. The van der Waals surface area contributed by atoms with E-state index in [1.54, 1.807) is 0 Å². The van der Waals surface area contributed by atoms with Crippen LogP contribution in [0.1, 0.15) is 12.0 Å². The molecule has 1 aliphatic rings. The second kappa shape index (κ2) is 11.2. The highest BCUT2D eigenvalue weighted by Crippen LogP contribution is 2.22. The van der Waals surface area contributed by atoms with Gasteiger partial charge in [-0.1, -0.05) is 42.5 Å². The van der Waals surface area contributed by atoms with Crippen molar-refractivity contribution in [3.05, 3.63) is 48.0 Å². The molecule has 2 aromatic rings. The molecule has 2 aromatic carbocycles. The standard InChI is InChI=1S/C21H30N4OS/c22-21(23-9-4-11-25-12-14-26-15-13-25)24-10-16-27-17-19-7-3-6-18-5-1-2-8-20(18)19/h1-3,5-8H,4,9-17H2,(H3,22,23,24). The third kappa shape index (κ3) is 6.72. The summed E-state index contributed by atoms with van der Waals surface area (Å²) in [5, 5.41) is 5.87. The Labute approximate surface area is 166 Å². The summed E-state index contributed by atoms with van der Waals surface area (Å²) in [5.74, 6) is 2.58. The number of thioether (sulfide) groups is 1. The summed E-state index contributed by atoms with van der Waals surface area (Å²) >= 11 is 1.92. The molecule has 0 saturated carbocycles. The normalized spacial score (nSPS) is 15.9. The molecular formula is C21H30N4OS. The molecule has 0 aromatic heterocycles. The molecule has 1 aliphatic heterocycles. The number of guanidine groups is 1. The van der Waals surface area contributed by atoms with Gasteiger partial charge in [0.1, 0.15) is 0 Å². The zero-order chi connectivity index (χ0) is 18.7. The van der Waals surface area contributed by atoms with E-state index in [0.29, 0.717) is 5.96 Å². The fourth-order valence-electron chi connectivity index (χ4n) is 3.23. The maximum absolute atomic E-state index is 5.96. The van der Waals surface area contributed by atoms with Crippen molar-refractivity contribution in [2.75, 3.05) is 51.7 Å². The van der Waals surface area contributed by atoms with Crippen LogP contribution in [0.5, 0.6) is 0 Å². The van der Waals surface area contributed by atoms with Crippen molar-refractivity contribution in [2.45, 2.75) is 12.2 Å². The highest BCUT2D eigenvalue weighted by atomic mass is 32.2. The highest BCUT2D eigenvalue weighted by molar-refractivity contribution is 7.98. The first-order valence-electron chi connectivity index (χ1n) is 9.71. The number of rotatable bonds is 9. The molecule has 146 valence electrons. The zero-order valence-corrected chi connectivity index (χ0v) is 16.7. The summed E-state index contributed by atoms with van der Waals surface area (Å²) in [7, 11) is 0. The van der Waals surface area contributed by atoms with Crippen LogP contribution < -0.4 is 11.1 Å². The van der Waals surface area contributed by atoms with Crippen LogP contribution in [0.4, 0.5) is 0 Å². The second-order valence-electron chi connectivity index (χ2n) is 6.69. The fourth-order valence-corrected chi connectivity index (χ4v) is 4.09. The zero-order valence-electron chi connectivity index (χ0n) is 15.9. The Balaban J connectivity index is 1.29. The number of nitrogens with one attached hydrogen (secondary N) is 1. The number of benzene rings is 2. The molecular weight excluding hydrogens is 356 g/mol. The first-order chi connectivity index (χ1) is 13.3. The molecule has 3 N–H and O–H groups in total. The van der Waals surface area contributed by atoms with E-state index in [2.05, 4.69) is 57.7 Å². The molecule has 1 fully saturated rings. The summed E-state index contributed by atoms with van der Waals surface area (Å²) in [6, 6.07) is 15.1. The molecule has 6 heteroatoms. The predicted octanol–water partition coefficient (Wildman–Crippen LogP) is 2.70. The smallest absolute Gasteiger partial charge is 0.188 e. The van der Waals surface area contributed by atoms with Gasteiger partial charge in [-0.15, -0.1) is 0 Å². The van der Waals surface area contributed by atoms with Gasteiger partial charge in [-0.2, -0.15) is 11.8 Å². The van der Waals surface area contributed by atoms with E-state index in [1.165, 1.54) is 16.3 Å². The van der Waals surface area contributed by atoms with Crippen LogP contribution in [0.3, 0.4) is 0 Å². The molecule has 5 nitrogen and oxygen atoms in total. The van der Waals surface area contributed by atoms with Crippen LogP contribution in [0.15, 0.2) is 47.5 Å². The Morgan fingerprint density at radius 1 is 1.15 bits per heavy atom. The van der Waals surface area contributed by atoms with E-state index >= 15 is 0 Å². The van der Waals surface area contributed by atoms with Gasteiger partial charge in [0, 0.05) is 44.2 Å². The van der Waals surface area contributed by atoms with Gasteiger partial charge in [-0.25, -0.2) is 0 Å². The van der Waals surface area contributed by atoms with Crippen molar-refractivity contribution in [1.82, 2.24) is 10.2 Å². The minimum absolute atomic E-state index is 0.558. The minimum atomic E-state index is 0.558.